The normalized spacial score (nSPS) is 20.1. The van der Waals surface area contributed by atoms with E-state index in [1.807, 2.05) is 18.2 Å². The van der Waals surface area contributed by atoms with Crippen LogP contribution in [0.3, 0.4) is 0 Å². The Morgan fingerprint density at radius 2 is 2.04 bits per heavy atom. The van der Waals surface area contributed by atoms with Crippen LogP contribution in [0.5, 0.6) is 5.75 Å². The van der Waals surface area contributed by atoms with Gasteiger partial charge in [0.2, 0.25) is 5.91 Å². The fraction of sp³-hybridized carbons (Fsp3) is 0.350. The van der Waals surface area contributed by atoms with Crippen molar-refractivity contribution in [3.8, 4) is 5.75 Å². The van der Waals surface area contributed by atoms with Crippen molar-refractivity contribution >= 4 is 23.2 Å². The third-order valence-corrected chi connectivity index (χ3v) is 5.15. The molecule has 1 amide bonds. The maximum atomic E-state index is 12.4. The molecule has 1 fully saturated rings. The Balaban J connectivity index is 1.60. The van der Waals surface area contributed by atoms with Gasteiger partial charge in [-0.05, 0) is 36.2 Å². The molecular weight excluding hydrogens is 350 g/mol. The lowest BCUT2D eigenvalue weighted by atomic mass is 9.89. The molecule has 26 heavy (non-hydrogen) atoms. The van der Waals surface area contributed by atoms with Gasteiger partial charge in [0, 0.05) is 24.7 Å². The van der Waals surface area contributed by atoms with Crippen LogP contribution in [0.4, 0.5) is 5.69 Å². The van der Waals surface area contributed by atoms with Gasteiger partial charge in [-0.1, -0.05) is 41.9 Å². The second-order valence-electron chi connectivity index (χ2n) is 6.60. The summed E-state index contributed by atoms with van der Waals surface area (Å²) in [6, 6.07) is 15.6. The number of hydrogen-bond donors (Lipinski definition) is 2. The summed E-state index contributed by atoms with van der Waals surface area (Å²) < 4.78 is 5.13. The molecule has 5 nitrogen and oxygen atoms in total. The molecule has 2 aromatic rings. The molecule has 1 aliphatic heterocycles. The maximum absolute atomic E-state index is 12.4. The first-order valence-corrected chi connectivity index (χ1v) is 9.09. The molecule has 0 spiro atoms. The summed E-state index contributed by atoms with van der Waals surface area (Å²) >= 11 is 6.11. The number of nitrogens with one attached hydrogen (secondary N) is 1. The molecule has 0 saturated carbocycles. The van der Waals surface area contributed by atoms with E-state index in [-0.39, 0.29) is 5.91 Å². The largest absolute Gasteiger partial charge is 0.495 e. The molecule has 6 heteroatoms. The summed E-state index contributed by atoms with van der Waals surface area (Å²) in [5.41, 5.74) is 7.92. The molecule has 3 rings (SSSR count). The number of hydrogen-bond acceptors (Lipinski definition) is 4. The molecule has 0 bridgehead atoms. The first kappa shape index (κ1) is 18.7. The van der Waals surface area contributed by atoms with E-state index in [9.17, 15) is 4.79 Å². The molecule has 2 aromatic carbocycles. The van der Waals surface area contributed by atoms with Crippen molar-refractivity contribution < 1.29 is 9.53 Å². The summed E-state index contributed by atoms with van der Waals surface area (Å²) in [7, 11) is 1.56. The lowest BCUT2D eigenvalue weighted by molar-refractivity contribution is -0.117. The highest BCUT2D eigenvalue weighted by Crippen LogP contribution is 2.32. The van der Waals surface area contributed by atoms with Crippen molar-refractivity contribution in [1.29, 1.82) is 0 Å². The van der Waals surface area contributed by atoms with Gasteiger partial charge in [0.1, 0.15) is 5.75 Å². The Bertz CT molecular complexity index is 754. The molecule has 0 unspecified atom stereocenters. The van der Waals surface area contributed by atoms with Crippen molar-refractivity contribution in [2.45, 2.75) is 5.92 Å². The van der Waals surface area contributed by atoms with Crippen molar-refractivity contribution in [3.63, 3.8) is 0 Å². The van der Waals surface area contributed by atoms with Gasteiger partial charge in [0.15, 0.2) is 0 Å². The highest BCUT2D eigenvalue weighted by molar-refractivity contribution is 6.32. The Kier molecular flexibility index (Phi) is 6.14. The third-order valence-electron chi connectivity index (χ3n) is 4.85. The second-order valence-corrected chi connectivity index (χ2v) is 7.01. The van der Waals surface area contributed by atoms with E-state index in [1.165, 1.54) is 5.56 Å². The molecule has 0 aromatic heterocycles. The molecule has 0 radical (unpaired) electrons. The van der Waals surface area contributed by atoms with Gasteiger partial charge in [-0.2, -0.15) is 0 Å². The van der Waals surface area contributed by atoms with Gasteiger partial charge >= 0.3 is 0 Å². The van der Waals surface area contributed by atoms with Crippen LogP contribution in [0.2, 0.25) is 5.02 Å². The Morgan fingerprint density at radius 3 is 2.69 bits per heavy atom. The van der Waals surface area contributed by atoms with Crippen LogP contribution in [0, 0.1) is 5.92 Å². The molecule has 1 heterocycles. The first-order chi connectivity index (χ1) is 12.6. The highest BCUT2D eigenvalue weighted by atomic mass is 35.5. The predicted molar refractivity (Wildman–Crippen MR) is 105 cm³/mol. The number of likely N-dealkylation sites (tertiary alicyclic amines) is 1. The van der Waals surface area contributed by atoms with Crippen molar-refractivity contribution in [2.75, 3.05) is 38.6 Å². The summed E-state index contributed by atoms with van der Waals surface area (Å²) in [6.07, 6.45) is 0. The SMILES string of the molecule is COc1ccc(NC(=O)CN2C[C@@H](CN)[C@H](c3ccccc3)C2)cc1Cl. The van der Waals surface area contributed by atoms with Gasteiger partial charge in [-0.25, -0.2) is 0 Å². The van der Waals surface area contributed by atoms with Crippen LogP contribution in [-0.4, -0.2) is 44.1 Å². The Morgan fingerprint density at radius 1 is 1.27 bits per heavy atom. The van der Waals surface area contributed by atoms with Crippen LogP contribution in [-0.2, 0) is 4.79 Å². The second kappa shape index (κ2) is 8.54. The lowest BCUT2D eigenvalue weighted by Gasteiger charge is -2.16. The molecule has 2 atom stereocenters. The van der Waals surface area contributed by atoms with Crippen molar-refractivity contribution in [1.82, 2.24) is 4.90 Å². The summed E-state index contributed by atoms with van der Waals surface area (Å²) in [4.78, 5) is 14.6. The zero-order chi connectivity index (χ0) is 18.5. The Hall–Kier alpha value is -2.08. The van der Waals surface area contributed by atoms with E-state index in [0.29, 0.717) is 41.4 Å². The lowest BCUT2D eigenvalue weighted by Crippen LogP contribution is -2.32. The van der Waals surface area contributed by atoms with E-state index >= 15 is 0 Å². The number of carbonyl (C=O) groups is 1. The summed E-state index contributed by atoms with van der Waals surface area (Å²) in [6.45, 7) is 2.62. The van der Waals surface area contributed by atoms with Gasteiger partial charge in [-0.3, -0.25) is 9.69 Å². The average Bonchev–Trinajstić information content (AvgIpc) is 3.05. The fourth-order valence-electron chi connectivity index (χ4n) is 3.55. The first-order valence-electron chi connectivity index (χ1n) is 8.71. The number of ether oxygens (including phenoxy) is 1. The molecule has 3 N–H and O–H groups in total. The average molecular weight is 374 g/mol. The van der Waals surface area contributed by atoms with Crippen LogP contribution >= 0.6 is 11.6 Å². The summed E-state index contributed by atoms with van der Waals surface area (Å²) in [5, 5.41) is 3.37. The van der Waals surface area contributed by atoms with Gasteiger partial charge in [0.05, 0.1) is 18.7 Å². The zero-order valence-electron chi connectivity index (χ0n) is 14.8. The quantitative estimate of drug-likeness (QED) is 0.816. The van der Waals surface area contributed by atoms with Crippen LogP contribution in [0.25, 0.3) is 0 Å². The minimum Gasteiger partial charge on any atom is -0.495 e. The number of nitrogens with two attached hydrogens (primary N) is 1. The predicted octanol–water partition coefficient (Wildman–Crippen LogP) is 2.96. The Labute approximate surface area is 159 Å². The number of anilines is 1. The topological polar surface area (TPSA) is 67.6 Å². The number of halogens is 1. The van der Waals surface area contributed by atoms with E-state index in [4.69, 9.17) is 22.1 Å². The van der Waals surface area contributed by atoms with Crippen LogP contribution in [0.1, 0.15) is 11.5 Å². The van der Waals surface area contributed by atoms with E-state index in [2.05, 4.69) is 22.3 Å². The summed E-state index contributed by atoms with van der Waals surface area (Å²) in [5.74, 6) is 1.25. The van der Waals surface area contributed by atoms with E-state index in [1.54, 1.807) is 25.3 Å². The molecule has 1 saturated heterocycles. The fourth-order valence-corrected chi connectivity index (χ4v) is 3.81. The van der Waals surface area contributed by atoms with E-state index in [0.717, 1.165) is 13.1 Å². The molecule has 138 valence electrons. The standard InChI is InChI=1S/C20H24ClN3O2/c1-26-19-8-7-16(9-18(19)21)23-20(25)13-24-11-15(10-22)17(12-24)14-5-3-2-4-6-14/h2-9,15,17H,10-13,22H2,1H3,(H,23,25)/t15-,17+/m1/s1. The zero-order valence-corrected chi connectivity index (χ0v) is 15.6. The monoisotopic (exact) mass is 373 g/mol. The third kappa shape index (κ3) is 4.36. The van der Waals surface area contributed by atoms with Gasteiger partial charge < -0.3 is 15.8 Å². The van der Waals surface area contributed by atoms with Crippen molar-refractivity contribution in [2.24, 2.45) is 11.7 Å². The minimum absolute atomic E-state index is 0.0595. The maximum Gasteiger partial charge on any atom is 0.238 e. The number of amides is 1. The van der Waals surface area contributed by atoms with Crippen LogP contribution in [0.15, 0.2) is 48.5 Å². The number of benzene rings is 2. The number of methoxy groups -OCH3 is 1. The highest BCUT2D eigenvalue weighted by Gasteiger charge is 2.33. The molecular formula is C20H24ClN3O2. The van der Waals surface area contributed by atoms with Gasteiger partial charge in [0.25, 0.3) is 0 Å². The minimum atomic E-state index is -0.0595. The van der Waals surface area contributed by atoms with E-state index < -0.39 is 0 Å². The number of rotatable bonds is 6. The smallest absolute Gasteiger partial charge is 0.238 e. The number of carbonyl (C=O) groups excluding carboxylic acids is 1. The molecule has 1 aliphatic rings. The molecule has 0 aliphatic carbocycles. The van der Waals surface area contributed by atoms with Crippen LogP contribution < -0.4 is 15.8 Å². The van der Waals surface area contributed by atoms with Gasteiger partial charge in [-0.15, -0.1) is 0 Å². The van der Waals surface area contributed by atoms with Crippen molar-refractivity contribution in [3.05, 3.63) is 59.1 Å². The number of nitrogens with zero attached hydrogens (tertiary/aromatic N) is 1.